The molecule has 4 aromatic rings. The van der Waals surface area contributed by atoms with Crippen molar-refractivity contribution in [3.63, 3.8) is 0 Å². The zero-order valence-electron chi connectivity index (χ0n) is 23.8. The van der Waals surface area contributed by atoms with Gasteiger partial charge >= 0.3 is 0 Å². The van der Waals surface area contributed by atoms with Crippen LogP contribution in [0.25, 0.3) is 6.08 Å². The number of amides is 3. The predicted octanol–water partition coefficient (Wildman–Crippen LogP) is 6.81. The van der Waals surface area contributed by atoms with Crippen LogP contribution in [-0.2, 0) is 9.59 Å². The highest BCUT2D eigenvalue weighted by Gasteiger charge is 2.17. The summed E-state index contributed by atoms with van der Waals surface area (Å²) in [6, 6.07) is 26.2. The summed E-state index contributed by atoms with van der Waals surface area (Å²) in [5, 5.41) is 9.01. The van der Waals surface area contributed by atoms with Crippen molar-refractivity contribution in [3.05, 3.63) is 118 Å². The normalized spacial score (nSPS) is 10.9. The predicted molar refractivity (Wildman–Crippen MR) is 172 cm³/mol. The summed E-state index contributed by atoms with van der Waals surface area (Å²) in [4.78, 5) is 39.7. The van der Waals surface area contributed by atoms with Crippen LogP contribution in [0.2, 0.25) is 5.02 Å². The number of nitrogens with one attached hydrogen (secondary N) is 3. The van der Waals surface area contributed by atoms with E-state index >= 15 is 0 Å². The zero-order chi connectivity index (χ0) is 30.8. The number of hydrogen-bond donors (Lipinski definition) is 3. The van der Waals surface area contributed by atoms with Crippen molar-refractivity contribution in [2.24, 2.45) is 0 Å². The second kappa shape index (κ2) is 14.9. The molecule has 10 heteroatoms. The first-order valence-electron chi connectivity index (χ1n) is 13.2. The molecule has 0 saturated carbocycles. The van der Waals surface area contributed by atoms with Crippen LogP contribution in [-0.4, -0.2) is 37.7 Å². The number of ether oxygens (including phenoxy) is 2. The Bertz CT molecular complexity index is 1640. The largest absolute Gasteiger partial charge is 0.497 e. The molecule has 43 heavy (non-hydrogen) atoms. The first kappa shape index (κ1) is 31.2. The van der Waals surface area contributed by atoms with Crippen LogP contribution < -0.4 is 25.4 Å². The van der Waals surface area contributed by atoms with E-state index in [9.17, 15) is 14.4 Å². The lowest BCUT2D eigenvalue weighted by atomic mass is 10.1. The summed E-state index contributed by atoms with van der Waals surface area (Å²) < 4.78 is 10.7. The molecule has 4 rings (SSSR count). The molecular formula is C33H30ClN3O5S. The molecule has 0 saturated heterocycles. The number of rotatable bonds is 11. The van der Waals surface area contributed by atoms with Gasteiger partial charge in [0.15, 0.2) is 0 Å². The van der Waals surface area contributed by atoms with Gasteiger partial charge in [0.2, 0.25) is 5.91 Å². The van der Waals surface area contributed by atoms with Crippen molar-refractivity contribution in [1.29, 1.82) is 0 Å². The monoisotopic (exact) mass is 615 g/mol. The van der Waals surface area contributed by atoms with Gasteiger partial charge in [-0.15, -0.1) is 11.8 Å². The average Bonchev–Trinajstić information content (AvgIpc) is 3.03. The molecule has 0 atom stereocenters. The van der Waals surface area contributed by atoms with Gasteiger partial charge in [0.1, 0.15) is 17.2 Å². The zero-order valence-corrected chi connectivity index (χ0v) is 25.3. The minimum atomic E-state index is -0.529. The van der Waals surface area contributed by atoms with Crippen LogP contribution in [0.3, 0.4) is 0 Å². The summed E-state index contributed by atoms with van der Waals surface area (Å²) in [7, 11) is 3.06. The van der Waals surface area contributed by atoms with Gasteiger partial charge in [-0.2, -0.15) is 0 Å². The highest BCUT2D eigenvalue weighted by molar-refractivity contribution is 8.00. The van der Waals surface area contributed by atoms with E-state index in [1.165, 1.54) is 18.9 Å². The minimum Gasteiger partial charge on any atom is -0.497 e. The van der Waals surface area contributed by atoms with E-state index < -0.39 is 11.8 Å². The SMILES string of the molecule is COc1ccc(/C=C(\NC(=O)c2ccccc2)C(=O)Nc2ccc(SCC(=O)Nc3cccc(Cl)c3C)cc2)c(OC)c1. The van der Waals surface area contributed by atoms with Gasteiger partial charge in [0.05, 0.1) is 20.0 Å². The van der Waals surface area contributed by atoms with E-state index in [2.05, 4.69) is 16.0 Å². The van der Waals surface area contributed by atoms with E-state index in [1.54, 1.807) is 104 Å². The Hall–Kier alpha value is -4.73. The molecular weight excluding hydrogens is 586 g/mol. The maximum absolute atomic E-state index is 13.4. The van der Waals surface area contributed by atoms with Crippen LogP contribution in [0, 0.1) is 6.92 Å². The summed E-state index contributed by atoms with van der Waals surface area (Å²) in [6.45, 7) is 1.85. The standard InChI is InChI=1S/C33H30ClN3O5S/c1-21-27(34)10-7-11-28(21)36-31(38)20-43-26-16-13-24(14-17-26)35-33(40)29(37-32(39)22-8-5-4-6-9-22)18-23-12-15-25(41-2)19-30(23)42-3/h4-19H,20H2,1-3H3,(H,35,40)(H,36,38)(H,37,39)/b29-18-. The number of carbonyl (C=O) groups excluding carboxylic acids is 3. The van der Waals surface area contributed by atoms with Gasteiger partial charge in [-0.25, -0.2) is 0 Å². The fourth-order valence-corrected chi connectivity index (χ4v) is 4.82. The van der Waals surface area contributed by atoms with E-state index in [-0.39, 0.29) is 17.4 Å². The Kier molecular flexibility index (Phi) is 10.9. The lowest BCUT2D eigenvalue weighted by Crippen LogP contribution is -2.30. The van der Waals surface area contributed by atoms with Crippen molar-refractivity contribution >= 4 is 58.5 Å². The highest BCUT2D eigenvalue weighted by atomic mass is 35.5. The first-order chi connectivity index (χ1) is 20.8. The molecule has 0 radical (unpaired) electrons. The molecule has 220 valence electrons. The number of thioether (sulfide) groups is 1. The maximum Gasteiger partial charge on any atom is 0.272 e. The van der Waals surface area contributed by atoms with Crippen molar-refractivity contribution < 1.29 is 23.9 Å². The third-order valence-corrected chi connectivity index (χ3v) is 7.71. The van der Waals surface area contributed by atoms with Crippen molar-refractivity contribution in [3.8, 4) is 11.5 Å². The van der Waals surface area contributed by atoms with E-state index in [0.29, 0.717) is 39.0 Å². The summed E-state index contributed by atoms with van der Waals surface area (Å²) >= 11 is 7.49. The molecule has 0 heterocycles. The van der Waals surface area contributed by atoms with Crippen LogP contribution in [0.15, 0.2) is 102 Å². The highest BCUT2D eigenvalue weighted by Crippen LogP contribution is 2.27. The lowest BCUT2D eigenvalue weighted by molar-refractivity contribution is -0.114. The van der Waals surface area contributed by atoms with Crippen LogP contribution in [0.5, 0.6) is 11.5 Å². The van der Waals surface area contributed by atoms with E-state index in [1.807, 2.05) is 6.92 Å². The number of methoxy groups -OCH3 is 2. The molecule has 0 aliphatic heterocycles. The number of carbonyl (C=O) groups is 3. The summed E-state index contributed by atoms with van der Waals surface area (Å²) in [6.07, 6.45) is 1.54. The van der Waals surface area contributed by atoms with Crippen molar-refractivity contribution in [1.82, 2.24) is 5.32 Å². The molecule has 8 nitrogen and oxygen atoms in total. The fraction of sp³-hybridized carbons (Fsp3) is 0.121. The molecule has 0 fully saturated rings. The second-order valence-corrected chi connectivity index (χ2v) is 10.7. The number of hydrogen-bond acceptors (Lipinski definition) is 6. The van der Waals surface area contributed by atoms with Crippen LogP contribution in [0.4, 0.5) is 11.4 Å². The van der Waals surface area contributed by atoms with Gasteiger partial charge in [-0.05, 0) is 79.2 Å². The van der Waals surface area contributed by atoms with E-state index in [4.69, 9.17) is 21.1 Å². The van der Waals surface area contributed by atoms with Crippen molar-refractivity contribution in [2.45, 2.75) is 11.8 Å². The fourth-order valence-electron chi connectivity index (χ4n) is 3.95. The second-order valence-electron chi connectivity index (χ2n) is 9.21. The molecule has 0 unspecified atom stereocenters. The Labute approximate surface area is 259 Å². The van der Waals surface area contributed by atoms with Crippen LogP contribution in [0.1, 0.15) is 21.5 Å². The molecule has 0 spiro atoms. The smallest absolute Gasteiger partial charge is 0.272 e. The Morgan fingerprint density at radius 3 is 2.30 bits per heavy atom. The van der Waals surface area contributed by atoms with Gasteiger partial charge in [0, 0.05) is 38.5 Å². The molecule has 4 aromatic carbocycles. The summed E-state index contributed by atoms with van der Waals surface area (Å²) in [5.41, 5.74) is 2.98. The molecule has 3 amide bonds. The van der Waals surface area contributed by atoms with Gasteiger partial charge < -0.3 is 25.4 Å². The third kappa shape index (κ3) is 8.64. The topological polar surface area (TPSA) is 106 Å². The third-order valence-electron chi connectivity index (χ3n) is 6.29. The molecule has 0 bridgehead atoms. The number of anilines is 2. The van der Waals surface area contributed by atoms with E-state index in [0.717, 1.165) is 10.5 Å². The Morgan fingerprint density at radius 2 is 1.60 bits per heavy atom. The summed E-state index contributed by atoms with van der Waals surface area (Å²) in [5.74, 6) is 0.120. The first-order valence-corrected chi connectivity index (χ1v) is 14.5. The number of halogens is 1. The minimum absolute atomic E-state index is 0.0174. The quantitative estimate of drug-likeness (QED) is 0.126. The molecule has 3 N–H and O–H groups in total. The van der Waals surface area contributed by atoms with Gasteiger partial charge in [-0.1, -0.05) is 35.9 Å². The molecule has 0 aliphatic rings. The Morgan fingerprint density at radius 1 is 0.860 bits per heavy atom. The van der Waals surface area contributed by atoms with Crippen molar-refractivity contribution in [2.75, 3.05) is 30.6 Å². The average molecular weight is 616 g/mol. The molecule has 0 aliphatic carbocycles. The lowest BCUT2D eigenvalue weighted by Gasteiger charge is -2.13. The molecule has 0 aromatic heterocycles. The van der Waals surface area contributed by atoms with Crippen LogP contribution >= 0.6 is 23.4 Å². The van der Waals surface area contributed by atoms with Gasteiger partial charge in [-0.3, -0.25) is 14.4 Å². The maximum atomic E-state index is 13.4. The number of benzene rings is 4. The van der Waals surface area contributed by atoms with Gasteiger partial charge in [0.25, 0.3) is 11.8 Å². The Balaban J connectivity index is 1.46.